The predicted octanol–water partition coefficient (Wildman–Crippen LogP) is 3.03. The smallest absolute Gasteiger partial charge is 0.328 e. The molecule has 3 rings (SSSR count). The first-order chi connectivity index (χ1) is 16.0. The molecule has 3 aromatic rings. The van der Waals surface area contributed by atoms with E-state index in [9.17, 15) is 9.59 Å². The fourth-order valence-electron chi connectivity index (χ4n) is 4.19. The third-order valence-corrected chi connectivity index (χ3v) is 10.7. The predicted molar refractivity (Wildman–Crippen MR) is 137 cm³/mol. The van der Waals surface area contributed by atoms with Gasteiger partial charge in [0.05, 0.1) is 7.11 Å². The zero-order valence-corrected chi connectivity index (χ0v) is 20.4. The Balaban J connectivity index is 1.99. The second-order valence-electron chi connectivity index (χ2n) is 8.36. The number of carbonyl (C=O) groups is 2. The van der Waals surface area contributed by atoms with E-state index in [1.54, 1.807) is 6.08 Å². The molecule has 33 heavy (non-hydrogen) atoms. The molecule has 170 valence electrons. The molecule has 0 fully saturated rings. The number of ether oxygens (including phenoxy) is 1. The number of carbonyl (C=O) groups excluding carboxylic acids is 2. The summed E-state index contributed by atoms with van der Waals surface area (Å²) in [5.74, 6) is -0.800. The second-order valence-corrected chi connectivity index (χ2v) is 12.3. The number of amides is 1. The number of methoxy groups -OCH3 is 1. The Morgan fingerprint density at radius 2 is 1.24 bits per heavy atom. The first-order valence-corrected chi connectivity index (χ1v) is 13.4. The molecular weight excluding hydrogens is 426 g/mol. The minimum atomic E-state index is -2.44. The van der Waals surface area contributed by atoms with Crippen LogP contribution in [0.25, 0.3) is 0 Å². The van der Waals surface area contributed by atoms with Gasteiger partial charge in [-0.05, 0) is 33.6 Å². The molecule has 0 saturated carbocycles. The van der Waals surface area contributed by atoms with Crippen LogP contribution in [0.15, 0.2) is 103 Å². The van der Waals surface area contributed by atoms with Crippen LogP contribution in [0.1, 0.15) is 13.8 Å². The maximum absolute atomic E-state index is 12.7. The molecule has 0 radical (unpaired) electrons. The van der Waals surface area contributed by atoms with Crippen molar-refractivity contribution in [3.63, 3.8) is 0 Å². The molecule has 0 aliphatic carbocycles. The van der Waals surface area contributed by atoms with Crippen LogP contribution in [0, 0.1) is 5.92 Å². The number of rotatable bonds is 9. The Kier molecular flexibility index (Phi) is 8.38. The van der Waals surface area contributed by atoms with E-state index in [4.69, 9.17) is 4.74 Å². The summed E-state index contributed by atoms with van der Waals surface area (Å²) in [4.78, 5) is 24.7. The minimum Gasteiger partial charge on any atom is -0.467 e. The van der Waals surface area contributed by atoms with Crippen molar-refractivity contribution in [1.29, 1.82) is 0 Å². The second kappa shape index (κ2) is 11.4. The van der Waals surface area contributed by atoms with Crippen molar-refractivity contribution in [2.75, 3.05) is 7.11 Å². The Bertz CT molecular complexity index is 969. The maximum atomic E-state index is 12.7. The SMILES string of the molecule is COC(=O)[C@@H](NC(=O)/C=C/C[Si](c1ccccc1)(c1ccccc1)c1ccccc1)C(C)C. The highest BCUT2D eigenvalue weighted by atomic mass is 28.3. The lowest BCUT2D eigenvalue weighted by atomic mass is 10.0. The number of esters is 1. The molecule has 0 unspecified atom stereocenters. The molecule has 0 aromatic heterocycles. The normalized spacial score (nSPS) is 12.5. The number of hydrogen-bond acceptors (Lipinski definition) is 3. The molecule has 0 spiro atoms. The first-order valence-electron chi connectivity index (χ1n) is 11.2. The van der Waals surface area contributed by atoms with Gasteiger partial charge < -0.3 is 10.1 Å². The van der Waals surface area contributed by atoms with E-state index >= 15 is 0 Å². The highest BCUT2D eigenvalue weighted by molar-refractivity contribution is 7.11. The quantitative estimate of drug-likeness (QED) is 0.233. The summed E-state index contributed by atoms with van der Waals surface area (Å²) in [5.41, 5.74) is 0. The van der Waals surface area contributed by atoms with Crippen LogP contribution < -0.4 is 20.9 Å². The van der Waals surface area contributed by atoms with Crippen molar-refractivity contribution < 1.29 is 14.3 Å². The van der Waals surface area contributed by atoms with Gasteiger partial charge in [0.1, 0.15) is 6.04 Å². The molecule has 0 bridgehead atoms. The van der Waals surface area contributed by atoms with Crippen LogP contribution in [-0.2, 0) is 14.3 Å². The first kappa shape index (κ1) is 24.2. The summed E-state index contributed by atoms with van der Waals surface area (Å²) >= 11 is 0. The molecule has 4 nitrogen and oxygen atoms in total. The van der Waals surface area contributed by atoms with Gasteiger partial charge in [-0.15, -0.1) is 0 Å². The van der Waals surface area contributed by atoms with Crippen LogP contribution >= 0.6 is 0 Å². The zero-order valence-electron chi connectivity index (χ0n) is 19.4. The van der Waals surface area contributed by atoms with Gasteiger partial charge in [0, 0.05) is 0 Å². The lowest BCUT2D eigenvalue weighted by molar-refractivity contribution is -0.145. The van der Waals surface area contributed by atoms with E-state index in [0.717, 1.165) is 0 Å². The molecule has 1 amide bonds. The van der Waals surface area contributed by atoms with Crippen LogP contribution in [0.3, 0.4) is 0 Å². The summed E-state index contributed by atoms with van der Waals surface area (Å²) in [6, 6.07) is 31.7. The van der Waals surface area contributed by atoms with Crippen molar-refractivity contribution in [1.82, 2.24) is 5.32 Å². The van der Waals surface area contributed by atoms with E-state index in [2.05, 4.69) is 78.1 Å². The molecule has 3 aromatic carbocycles. The molecular formula is C28H31NO3Si. The van der Waals surface area contributed by atoms with Gasteiger partial charge >= 0.3 is 5.97 Å². The lowest BCUT2D eigenvalue weighted by Gasteiger charge is -2.33. The summed E-state index contributed by atoms with van der Waals surface area (Å²) in [6.07, 6.45) is 3.50. The third-order valence-electron chi connectivity index (χ3n) is 5.91. The average molecular weight is 458 g/mol. The highest BCUT2D eigenvalue weighted by Gasteiger charge is 2.38. The van der Waals surface area contributed by atoms with Crippen LogP contribution in [0.5, 0.6) is 0 Å². The van der Waals surface area contributed by atoms with E-state index in [-0.39, 0.29) is 11.8 Å². The van der Waals surface area contributed by atoms with Crippen molar-refractivity contribution >= 4 is 35.5 Å². The summed E-state index contributed by atoms with van der Waals surface area (Å²) in [6.45, 7) is 3.76. The summed E-state index contributed by atoms with van der Waals surface area (Å²) < 4.78 is 4.84. The monoisotopic (exact) mass is 457 g/mol. The van der Waals surface area contributed by atoms with Gasteiger partial charge in [-0.1, -0.05) is 111 Å². The maximum Gasteiger partial charge on any atom is 0.328 e. The standard InChI is InChI=1S/C28H31NO3Si/c1-22(2)27(28(31)32-3)29-26(30)20-13-21-33(23-14-7-4-8-15-23,24-16-9-5-10-17-24)25-18-11-6-12-19-25/h4-20,22,27H,21H2,1-3H3,(H,29,30)/b20-13+/t27-/m0/s1. The Morgan fingerprint density at radius 1 is 0.818 bits per heavy atom. The Morgan fingerprint density at radius 3 is 1.61 bits per heavy atom. The summed E-state index contributed by atoms with van der Waals surface area (Å²) in [5, 5.41) is 6.63. The fraction of sp³-hybridized carbons (Fsp3) is 0.214. The van der Waals surface area contributed by atoms with E-state index < -0.39 is 20.1 Å². The van der Waals surface area contributed by atoms with Gasteiger partial charge in [-0.3, -0.25) is 4.79 Å². The number of allylic oxidation sites excluding steroid dienone is 1. The van der Waals surface area contributed by atoms with Crippen molar-refractivity contribution in [2.45, 2.75) is 25.9 Å². The van der Waals surface area contributed by atoms with Gasteiger partial charge in [0.15, 0.2) is 8.07 Å². The van der Waals surface area contributed by atoms with Crippen molar-refractivity contribution in [3.8, 4) is 0 Å². The largest absolute Gasteiger partial charge is 0.467 e. The molecule has 0 heterocycles. The molecule has 1 N–H and O–H groups in total. The third kappa shape index (κ3) is 5.68. The van der Waals surface area contributed by atoms with Gasteiger partial charge in [0.25, 0.3) is 0 Å². The van der Waals surface area contributed by atoms with Crippen LogP contribution in [0.4, 0.5) is 0 Å². The van der Waals surface area contributed by atoms with Crippen LogP contribution in [-0.4, -0.2) is 33.1 Å². The van der Waals surface area contributed by atoms with Gasteiger partial charge in [-0.2, -0.15) is 0 Å². The number of benzene rings is 3. The van der Waals surface area contributed by atoms with Crippen molar-refractivity contribution in [3.05, 3.63) is 103 Å². The molecule has 5 heteroatoms. The fourth-order valence-corrected chi connectivity index (χ4v) is 8.65. The Labute approximate surface area is 197 Å². The molecule has 0 saturated heterocycles. The number of hydrogen-bond donors (Lipinski definition) is 1. The molecule has 1 atom stereocenters. The van der Waals surface area contributed by atoms with E-state index in [1.807, 2.05) is 38.1 Å². The minimum absolute atomic E-state index is 0.0683. The zero-order chi connectivity index (χ0) is 23.7. The van der Waals surface area contributed by atoms with Crippen molar-refractivity contribution in [2.24, 2.45) is 5.92 Å². The topological polar surface area (TPSA) is 55.4 Å². The highest BCUT2D eigenvalue weighted by Crippen LogP contribution is 2.14. The van der Waals surface area contributed by atoms with Gasteiger partial charge in [0.2, 0.25) is 5.91 Å². The summed E-state index contributed by atoms with van der Waals surface area (Å²) in [7, 11) is -1.11. The van der Waals surface area contributed by atoms with E-state index in [0.29, 0.717) is 6.04 Å². The lowest BCUT2D eigenvalue weighted by Crippen LogP contribution is -2.66. The molecule has 0 aliphatic heterocycles. The molecule has 0 aliphatic rings. The average Bonchev–Trinajstić information content (AvgIpc) is 2.86. The Hall–Kier alpha value is -3.44. The van der Waals surface area contributed by atoms with E-state index in [1.165, 1.54) is 22.7 Å². The van der Waals surface area contributed by atoms with Crippen LogP contribution in [0.2, 0.25) is 6.04 Å². The number of nitrogens with one attached hydrogen (secondary N) is 1. The van der Waals surface area contributed by atoms with Gasteiger partial charge in [-0.25, -0.2) is 4.79 Å².